The summed E-state index contributed by atoms with van der Waals surface area (Å²) >= 11 is 0. The van der Waals surface area contributed by atoms with Crippen LogP contribution in [0.4, 0.5) is 4.79 Å². The molecule has 24 heavy (non-hydrogen) atoms. The van der Waals surface area contributed by atoms with Crippen LogP contribution in [0, 0.1) is 5.92 Å². The molecular formula is C17H22N4O3. The summed E-state index contributed by atoms with van der Waals surface area (Å²) in [5.41, 5.74) is 2.11. The molecule has 0 aliphatic rings. The minimum atomic E-state index is -0.916. The van der Waals surface area contributed by atoms with E-state index in [0.717, 1.165) is 11.1 Å². The molecule has 0 saturated heterocycles. The highest BCUT2D eigenvalue weighted by molar-refractivity contribution is 5.75. The van der Waals surface area contributed by atoms with Gasteiger partial charge in [0.1, 0.15) is 0 Å². The molecule has 7 heteroatoms. The maximum Gasteiger partial charge on any atom is 0.317 e. The minimum Gasteiger partial charge on any atom is -0.481 e. The molecule has 0 aliphatic heterocycles. The third-order valence-electron chi connectivity index (χ3n) is 3.78. The Hall–Kier alpha value is -2.83. The van der Waals surface area contributed by atoms with Gasteiger partial charge in [-0.1, -0.05) is 31.2 Å². The Bertz CT molecular complexity index is 685. The van der Waals surface area contributed by atoms with Crippen LogP contribution < -0.4 is 5.32 Å². The summed E-state index contributed by atoms with van der Waals surface area (Å²) in [4.78, 5) is 28.4. The second-order valence-corrected chi connectivity index (χ2v) is 5.78. The van der Waals surface area contributed by atoms with Gasteiger partial charge in [0, 0.05) is 39.1 Å². The van der Waals surface area contributed by atoms with Crippen molar-refractivity contribution < 1.29 is 14.7 Å². The average Bonchev–Trinajstić information content (AvgIpc) is 3.06. The fourth-order valence-corrected chi connectivity index (χ4v) is 2.34. The number of aliphatic carboxylic acids is 1. The zero-order valence-corrected chi connectivity index (χ0v) is 13.8. The van der Waals surface area contributed by atoms with Crippen LogP contribution in [0.25, 0.3) is 0 Å². The quantitative estimate of drug-likeness (QED) is 0.810. The number of imidazole rings is 1. The number of amides is 2. The summed E-state index contributed by atoms with van der Waals surface area (Å²) < 4.78 is 1.96. The Morgan fingerprint density at radius 2 is 2.04 bits per heavy atom. The number of benzene rings is 1. The number of hydrogen-bond donors (Lipinski definition) is 2. The predicted octanol–water partition coefficient (Wildman–Crippen LogP) is 1.79. The maximum atomic E-state index is 12.1. The molecule has 2 amide bonds. The van der Waals surface area contributed by atoms with E-state index in [2.05, 4.69) is 10.3 Å². The second-order valence-electron chi connectivity index (χ2n) is 5.78. The number of carbonyl (C=O) groups is 2. The minimum absolute atomic E-state index is 0.165. The molecule has 1 unspecified atom stereocenters. The maximum absolute atomic E-state index is 12.1. The van der Waals surface area contributed by atoms with Gasteiger partial charge in [0.15, 0.2) is 0 Å². The van der Waals surface area contributed by atoms with Crippen LogP contribution in [0.1, 0.15) is 18.1 Å². The van der Waals surface area contributed by atoms with Crippen LogP contribution in [0.3, 0.4) is 0 Å². The van der Waals surface area contributed by atoms with E-state index < -0.39 is 11.9 Å². The summed E-state index contributed by atoms with van der Waals surface area (Å²) in [7, 11) is 1.59. The van der Waals surface area contributed by atoms with Gasteiger partial charge in [-0.2, -0.15) is 0 Å². The molecule has 0 bridgehead atoms. The number of aromatic nitrogens is 2. The van der Waals surface area contributed by atoms with Crippen molar-refractivity contribution in [3.63, 3.8) is 0 Å². The van der Waals surface area contributed by atoms with Crippen molar-refractivity contribution in [2.24, 2.45) is 5.92 Å². The van der Waals surface area contributed by atoms with Crippen molar-refractivity contribution in [1.82, 2.24) is 19.8 Å². The molecule has 0 aliphatic carbocycles. The van der Waals surface area contributed by atoms with Gasteiger partial charge in [-0.15, -0.1) is 0 Å². The van der Waals surface area contributed by atoms with Crippen LogP contribution in [0.5, 0.6) is 0 Å². The summed E-state index contributed by atoms with van der Waals surface area (Å²) in [5, 5.41) is 11.7. The van der Waals surface area contributed by atoms with Gasteiger partial charge in [0.25, 0.3) is 0 Å². The summed E-state index contributed by atoms with van der Waals surface area (Å²) in [6.45, 7) is 2.80. The Balaban J connectivity index is 1.94. The topological polar surface area (TPSA) is 87.5 Å². The first kappa shape index (κ1) is 17.5. The van der Waals surface area contributed by atoms with Gasteiger partial charge < -0.3 is 19.9 Å². The van der Waals surface area contributed by atoms with Gasteiger partial charge in [-0.05, 0) is 11.1 Å². The zero-order valence-electron chi connectivity index (χ0n) is 13.8. The lowest BCUT2D eigenvalue weighted by Crippen LogP contribution is -2.40. The lowest BCUT2D eigenvalue weighted by atomic mass is 10.1. The van der Waals surface area contributed by atoms with Crippen molar-refractivity contribution in [3.05, 3.63) is 54.1 Å². The standard InChI is InChI=1S/C17H22N4O3/c1-13(16(22)23)10-20(2)17(24)19-9-14-5-3-4-6-15(14)11-21-8-7-18-12-21/h3-8,12-13H,9-11H2,1-2H3,(H,19,24)(H,22,23). The van der Waals surface area contributed by atoms with E-state index in [1.807, 2.05) is 35.0 Å². The van der Waals surface area contributed by atoms with Crippen LogP contribution in [0.2, 0.25) is 0 Å². The van der Waals surface area contributed by atoms with Crippen molar-refractivity contribution in [1.29, 1.82) is 0 Å². The Morgan fingerprint density at radius 1 is 1.33 bits per heavy atom. The molecule has 2 aromatic rings. The van der Waals surface area contributed by atoms with Crippen molar-refractivity contribution in [3.8, 4) is 0 Å². The third kappa shape index (κ3) is 4.84. The number of nitrogens with one attached hydrogen (secondary N) is 1. The number of rotatable bonds is 7. The van der Waals surface area contributed by atoms with Crippen LogP contribution in [0.15, 0.2) is 43.0 Å². The SMILES string of the molecule is CC(CN(C)C(=O)NCc1ccccc1Cn1ccnc1)C(=O)O. The van der Waals surface area contributed by atoms with Gasteiger partial charge in [-0.3, -0.25) is 4.79 Å². The molecule has 0 spiro atoms. The van der Waals surface area contributed by atoms with E-state index in [0.29, 0.717) is 13.1 Å². The van der Waals surface area contributed by atoms with Crippen LogP contribution in [-0.2, 0) is 17.9 Å². The van der Waals surface area contributed by atoms with E-state index in [-0.39, 0.29) is 12.6 Å². The first-order valence-electron chi connectivity index (χ1n) is 7.71. The largest absolute Gasteiger partial charge is 0.481 e. The molecule has 128 valence electrons. The van der Waals surface area contributed by atoms with Crippen molar-refractivity contribution in [2.45, 2.75) is 20.0 Å². The van der Waals surface area contributed by atoms with Gasteiger partial charge in [0.2, 0.25) is 0 Å². The highest BCUT2D eigenvalue weighted by Crippen LogP contribution is 2.11. The predicted molar refractivity (Wildman–Crippen MR) is 89.4 cm³/mol. The average molecular weight is 330 g/mol. The van der Waals surface area contributed by atoms with Gasteiger partial charge in [0.05, 0.1) is 12.2 Å². The van der Waals surface area contributed by atoms with Crippen molar-refractivity contribution >= 4 is 12.0 Å². The monoisotopic (exact) mass is 330 g/mol. The Morgan fingerprint density at radius 3 is 2.67 bits per heavy atom. The second kappa shape index (κ2) is 8.14. The van der Waals surface area contributed by atoms with Crippen LogP contribution in [-0.4, -0.2) is 45.2 Å². The number of nitrogens with zero attached hydrogens (tertiary/aromatic N) is 3. The fraction of sp³-hybridized carbons (Fsp3) is 0.353. The lowest BCUT2D eigenvalue weighted by Gasteiger charge is -2.20. The first-order chi connectivity index (χ1) is 11.5. The van der Waals surface area contributed by atoms with Gasteiger partial charge >= 0.3 is 12.0 Å². The Labute approximate surface area is 140 Å². The number of urea groups is 1. The summed E-state index contributed by atoms with van der Waals surface area (Å²) in [6, 6.07) is 7.57. The molecule has 1 heterocycles. The van der Waals surface area contributed by atoms with Crippen LogP contribution >= 0.6 is 0 Å². The lowest BCUT2D eigenvalue weighted by molar-refractivity contribution is -0.141. The summed E-state index contributed by atoms with van der Waals surface area (Å²) in [6.07, 6.45) is 5.36. The third-order valence-corrected chi connectivity index (χ3v) is 3.78. The summed E-state index contributed by atoms with van der Waals surface area (Å²) in [5.74, 6) is -1.52. The highest BCUT2D eigenvalue weighted by atomic mass is 16.4. The number of carboxylic acids is 1. The number of hydrogen-bond acceptors (Lipinski definition) is 3. The van der Waals surface area contributed by atoms with E-state index in [1.54, 1.807) is 26.5 Å². The smallest absolute Gasteiger partial charge is 0.317 e. The molecule has 1 aromatic carbocycles. The van der Waals surface area contributed by atoms with Gasteiger partial charge in [-0.25, -0.2) is 9.78 Å². The molecule has 1 atom stereocenters. The fourth-order valence-electron chi connectivity index (χ4n) is 2.34. The van der Waals surface area contributed by atoms with E-state index in [9.17, 15) is 9.59 Å². The molecule has 7 nitrogen and oxygen atoms in total. The van der Waals surface area contributed by atoms with E-state index >= 15 is 0 Å². The molecular weight excluding hydrogens is 308 g/mol. The molecule has 1 aromatic heterocycles. The molecule has 2 rings (SSSR count). The number of carbonyl (C=O) groups excluding carboxylic acids is 1. The molecule has 0 fully saturated rings. The molecule has 0 saturated carbocycles. The number of carboxylic acid groups (broad SMARTS) is 1. The van der Waals surface area contributed by atoms with E-state index in [4.69, 9.17) is 5.11 Å². The molecule has 2 N–H and O–H groups in total. The van der Waals surface area contributed by atoms with E-state index in [1.165, 1.54) is 4.90 Å². The van der Waals surface area contributed by atoms with Crippen molar-refractivity contribution in [2.75, 3.05) is 13.6 Å². The normalized spacial score (nSPS) is 11.8. The zero-order chi connectivity index (χ0) is 17.5. The Kier molecular flexibility index (Phi) is 5.95. The molecule has 0 radical (unpaired) electrons. The highest BCUT2D eigenvalue weighted by Gasteiger charge is 2.17. The first-order valence-corrected chi connectivity index (χ1v) is 7.71.